The van der Waals surface area contributed by atoms with Crippen LogP contribution in [0.5, 0.6) is 0 Å². The lowest BCUT2D eigenvalue weighted by atomic mass is 9.98. The predicted molar refractivity (Wildman–Crippen MR) is 66.0 cm³/mol. The number of hydrogen-bond donors (Lipinski definition) is 0. The van der Waals surface area contributed by atoms with Crippen molar-refractivity contribution in [3.8, 4) is 0 Å². The van der Waals surface area contributed by atoms with Crippen LogP contribution in [0.15, 0.2) is 36.7 Å². The van der Waals surface area contributed by atoms with Crippen molar-refractivity contribution >= 4 is 5.78 Å². The number of benzene rings is 1. The minimum Gasteiger partial charge on any atom is -0.290 e. The summed E-state index contributed by atoms with van der Waals surface area (Å²) in [5.41, 5.74) is 3.34. The topological polar surface area (TPSA) is 42.9 Å². The predicted octanol–water partition coefficient (Wildman–Crippen LogP) is 2.52. The van der Waals surface area contributed by atoms with E-state index in [4.69, 9.17) is 0 Å². The molecule has 3 heteroatoms. The summed E-state index contributed by atoms with van der Waals surface area (Å²) in [6, 6.07) is 7.73. The van der Waals surface area contributed by atoms with Gasteiger partial charge in [-0.3, -0.25) is 4.79 Å². The Bertz CT molecular complexity index is 515. The highest BCUT2D eigenvalue weighted by Crippen LogP contribution is 2.15. The molecule has 1 aromatic carbocycles. The first-order chi connectivity index (χ1) is 8.18. The molecule has 0 unspecified atom stereocenters. The molecule has 0 bridgehead atoms. The molecule has 0 spiro atoms. The molecule has 0 aliphatic carbocycles. The molecule has 0 atom stereocenters. The third-order valence-electron chi connectivity index (χ3n) is 2.80. The maximum Gasteiger partial charge on any atom is 0.204 e. The number of hydrogen-bond acceptors (Lipinski definition) is 3. The van der Waals surface area contributed by atoms with Crippen LogP contribution in [0.4, 0.5) is 0 Å². The van der Waals surface area contributed by atoms with Crippen molar-refractivity contribution in [2.24, 2.45) is 0 Å². The molecule has 0 fully saturated rings. The summed E-state index contributed by atoms with van der Waals surface area (Å²) in [6.45, 7) is 4.03. The number of carbonyl (C=O) groups excluding carboxylic acids is 1. The largest absolute Gasteiger partial charge is 0.290 e. The lowest BCUT2D eigenvalue weighted by molar-refractivity contribution is 0.0982. The van der Waals surface area contributed by atoms with E-state index in [1.165, 1.54) is 0 Å². The van der Waals surface area contributed by atoms with Gasteiger partial charge in [0.05, 0.1) is 0 Å². The van der Waals surface area contributed by atoms with Gasteiger partial charge in [-0.1, -0.05) is 18.2 Å². The second kappa shape index (κ2) is 4.87. The van der Waals surface area contributed by atoms with E-state index in [1.807, 2.05) is 32.0 Å². The van der Waals surface area contributed by atoms with E-state index < -0.39 is 0 Å². The smallest absolute Gasteiger partial charge is 0.204 e. The highest BCUT2D eigenvalue weighted by atomic mass is 16.1. The van der Waals surface area contributed by atoms with E-state index in [1.54, 1.807) is 18.5 Å². The van der Waals surface area contributed by atoms with Crippen molar-refractivity contribution in [1.29, 1.82) is 0 Å². The zero-order valence-corrected chi connectivity index (χ0v) is 9.97. The van der Waals surface area contributed by atoms with Crippen molar-refractivity contribution in [3.05, 3.63) is 59.2 Å². The quantitative estimate of drug-likeness (QED) is 0.755. The minimum atomic E-state index is -0.0389. The van der Waals surface area contributed by atoms with Gasteiger partial charge in [0.25, 0.3) is 0 Å². The van der Waals surface area contributed by atoms with Gasteiger partial charge < -0.3 is 0 Å². The molecular formula is C14H14N2O. The van der Waals surface area contributed by atoms with Crippen LogP contribution < -0.4 is 0 Å². The van der Waals surface area contributed by atoms with Crippen LogP contribution in [0.1, 0.15) is 27.3 Å². The van der Waals surface area contributed by atoms with Gasteiger partial charge in [0.2, 0.25) is 5.78 Å². The molecule has 0 saturated heterocycles. The Kier molecular flexibility index (Phi) is 3.28. The molecule has 1 aromatic heterocycles. The summed E-state index contributed by atoms with van der Waals surface area (Å²) in [6.07, 6.45) is 3.54. The van der Waals surface area contributed by atoms with Gasteiger partial charge in [-0.15, -0.1) is 0 Å². The Hall–Kier alpha value is -2.03. The summed E-state index contributed by atoms with van der Waals surface area (Å²) in [5.74, 6) is 0.248. The zero-order valence-electron chi connectivity index (χ0n) is 9.97. The number of rotatable bonds is 3. The molecule has 2 aromatic rings. The van der Waals surface area contributed by atoms with Gasteiger partial charge in [-0.05, 0) is 36.6 Å². The Morgan fingerprint density at radius 3 is 2.24 bits per heavy atom. The number of Topliss-reactive ketones (excluding diaryl/α,β-unsaturated/α-hetero) is 1. The Balaban J connectivity index is 2.25. The molecular weight excluding hydrogens is 212 g/mol. The van der Waals surface area contributed by atoms with Crippen LogP contribution in [0.2, 0.25) is 0 Å². The second-order valence-corrected chi connectivity index (χ2v) is 4.04. The van der Waals surface area contributed by atoms with Crippen LogP contribution >= 0.6 is 0 Å². The first-order valence-electron chi connectivity index (χ1n) is 5.54. The Morgan fingerprint density at radius 2 is 1.65 bits per heavy atom. The number of carbonyl (C=O) groups is 1. The van der Waals surface area contributed by atoms with Crippen molar-refractivity contribution in [2.45, 2.75) is 20.3 Å². The van der Waals surface area contributed by atoms with Gasteiger partial charge >= 0.3 is 0 Å². The standard InChI is InChI=1S/C14H14N2O/c1-10-5-3-6-11(2)12(10)9-13(17)14-15-7-4-8-16-14/h3-8H,9H2,1-2H3. The van der Waals surface area contributed by atoms with E-state index in [9.17, 15) is 4.79 Å². The summed E-state index contributed by atoms with van der Waals surface area (Å²) in [5, 5.41) is 0. The fraction of sp³-hybridized carbons (Fsp3) is 0.214. The van der Waals surface area contributed by atoms with Crippen LogP contribution in [0.3, 0.4) is 0 Å². The molecule has 0 aliphatic rings. The van der Waals surface area contributed by atoms with E-state index >= 15 is 0 Å². The number of nitrogens with zero attached hydrogens (tertiary/aromatic N) is 2. The Morgan fingerprint density at radius 1 is 1.06 bits per heavy atom. The molecule has 0 saturated carbocycles. The van der Waals surface area contributed by atoms with Crippen molar-refractivity contribution < 1.29 is 4.79 Å². The fourth-order valence-electron chi connectivity index (χ4n) is 1.81. The maximum atomic E-state index is 12.0. The molecule has 0 N–H and O–H groups in total. The van der Waals surface area contributed by atoms with Gasteiger partial charge in [0.1, 0.15) is 0 Å². The fourth-order valence-corrected chi connectivity index (χ4v) is 1.81. The van der Waals surface area contributed by atoms with Gasteiger partial charge in [0, 0.05) is 18.8 Å². The monoisotopic (exact) mass is 226 g/mol. The third-order valence-corrected chi connectivity index (χ3v) is 2.80. The number of aryl methyl sites for hydroxylation is 2. The van der Waals surface area contributed by atoms with E-state index in [2.05, 4.69) is 9.97 Å². The summed E-state index contributed by atoms with van der Waals surface area (Å²) >= 11 is 0. The summed E-state index contributed by atoms with van der Waals surface area (Å²) in [4.78, 5) is 19.9. The first kappa shape index (κ1) is 11.5. The maximum absolute atomic E-state index is 12.0. The third kappa shape index (κ3) is 2.56. The number of aromatic nitrogens is 2. The highest BCUT2D eigenvalue weighted by Gasteiger charge is 2.12. The average molecular weight is 226 g/mol. The van der Waals surface area contributed by atoms with Crippen molar-refractivity contribution in [3.63, 3.8) is 0 Å². The van der Waals surface area contributed by atoms with Crippen LogP contribution in [0.25, 0.3) is 0 Å². The lowest BCUT2D eigenvalue weighted by Crippen LogP contribution is -2.10. The molecule has 17 heavy (non-hydrogen) atoms. The van der Waals surface area contributed by atoms with Crippen LogP contribution in [-0.4, -0.2) is 15.8 Å². The minimum absolute atomic E-state index is 0.0389. The molecule has 0 radical (unpaired) electrons. The highest BCUT2D eigenvalue weighted by molar-refractivity contribution is 5.94. The van der Waals surface area contributed by atoms with Gasteiger partial charge in [-0.25, -0.2) is 9.97 Å². The van der Waals surface area contributed by atoms with E-state index in [-0.39, 0.29) is 11.6 Å². The van der Waals surface area contributed by atoms with Crippen LogP contribution in [-0.2, 0) is 6.42 Å². The molecule has 0 amide bonds. The zero-order chi connectivity index (χ0) is 12.3. The Labute approximate surface area is 101 Å². The van der Waals surface area contributed by atoms with Gasteiger partial charge in [0.15, 0.2) is 5.82 Å². The average Bonchev–Trinajstić information content (AvgIpc) is 2.35. The second-order valence-electron chi connectivity index (χ2n) is 4.04. The van der Waals surface area contributed by atoms with E-state index in [0.29, 0.717) is 6.42 Å². The first-order valence-corrected chi connectivity index (χ1v) is 5.54. The molecule has 2 rings (SSSR count). The van der Waals surface area contributed by atoms with Crippen molar-refractivity contribution in [1.82, 2.24) is 9.97 Å². The van der Waals surface area contributed by atoms with Gasteiger partial charge in [-0.2, -0.15) is 0 Å². The molecule has 86 valence electrons. The molecule has 3 nitrogen and oxygen atoms in total. The van der Waals surface area contributed by atoms with E-state index in [0.717, 1.165) is 16.7 Å². The molecule has 1 heterocycles. The SMILES string of the molecule is Cc1cccc(C)c1CC(=O)c1ncccn1. The molecule has 0 aliphatic heterocycles. The van der Waals surface area contributed by atoms with Crippen molar-refractivity contribution in [2.75, 3.05) is 0 Å². The number of ketones is 1. The normalized spacial score (nSPS) is 10.2. The summed E-state index contributed by atoms with van der Waals surface area (Å²) < 4.78 is 0. The summed E-state index contributed by atoms with van der Waals surface area (Å²) in [7, 11) is 0. The lowest BCUT2D eigenvalue weighted by Gasteiger charge is -2.07. The van der Waals surface area contributed by atoms with Crippen LogP contribution in [0, 0.1) is 13.8 Å².